The van der Waals surface area contributed by atoms with Crippen molar-refractivity contribution >= 4 is 18.3 Å². The van der Waals surface area contributed by atoms with Crippen molar-refractivity contribution in [1.82, 2.24) is 25.1 Å². The van der Waals surface area contributed by atoms with Crippen molar-refractivity contribution in [2.24, 2.45) is 5.73 Å². The first-order valence-corrected chi connectivity index (χ1v) is 8.08. The molecule has 9 heteroatoms. The fraction of sp³-hybridized carbons (Fsp3) is 0.500. The van der Waals surface area contributed by atoms with Gasteiger partial charge in [0.15, 0.2) is 0 Å². The fourth-order valence-electron chi connectivity index (χ4n) is 3.02. The maximum absolute atomic E-state index is 13.5. The molecule has 0 aliphatic carbocycles. The highest BCUT2D eigenvalue weighted by molar-refractivity contribution is 5.85. The third-order valence-corrected chi connectivity index (χ3v) is 4.41. The number of aryl methyl sites for hydroxylation is 1. The van der Waals surface area contributed by atoms with Crippen LogP contribution in [0.1, 0.15) is 30.3 Å². The number of halogens is 2. The Morgan fingerprint density at radius 3 is 2.72 bits per heavy atom. The Morgan fingerprint density at radius 2 is 2.12 bits per heavy atom. The number of aromatic nitrogens is 4. The van der Waals surface area contributed by atoms with Crippen LogP contribution in [0.3, 0.4) is 0 Å². The Bertz CT molecular complexity index is 716. The van der Waals surface area contributed by atoms with Gasteiger partial charge in [-0.05, 0) is 47.9 Å². The van der Waals surface area contributed by atoms with E-state index in [1.54, 1.807) is 24.0 Å². The molecule has 1 aliphatic rings. The normalized spacial score (nSPS) is 16.4. The monoisotopic (exact) mass is 368 g/mol. The van der Waals surface area contributed by atoms with E-state index in [0.717, 1.165) is 18.4 Å². The van der Waals surface area contributed by atoms with Crippen molar-refractivity contribution in [1.29, 1.82) is 0 Å². The lowest BCUT2D eigenvalue weighted by atomic mass is 10.0. The Kier molecular flexibility index (Phi) is 6.44. The number of rotatable bonds is 4. The SMILES string of the molecule is Cc1nnnn1C(Cc1cccc(F)c1)C(=O)N1CCC(N)CC1.Cl. The third-order valence-electron chi connectivity index (χ3n) is 4.41. The van der Waals surface area contributed by atoms with Crippen LogP contribution in [0, 0.1) is 12.7 Å². The fourth-order valence-corrected chi connectivity index (χ4v) is 3.02. The zero-order chi connectivity index (χ0) is 17.1. The van der Waals surface area contributed by atoms with Crippen molar-refractivity contribution in [2.45, 2.75) is 38.3 Å². The van der Waals surface area contributed by atoms with E-state index < -0.39 is 6.04 Å². The quantitative estimate of drug-likeness (QED) is 0.877. The minimum Gasteiger partial charge on any atom is -0.341 e. The summed E-state index contributed by atoms with van der Waals surface area (Å²) in [4.78, 5) is 14.8. The molecule has 1 aromatic heterocycles. The van der Waals surface area contributed by atoms with Crippen LogP contribution in [-0.2, 0) is 11.2 Å². The van der Waals surface area contributed by atoms with Gasteiger partial charge in [0.1, 0.15) is 17.7 Å². The summed E-state index contributed by atoms with van der Waals surface area (Å²) in [5, 5.41) is 11.5. The molecule has 1 fully saturated rings. The number of piperidine rings is 1. The maximum atomic E-state index is 13.5. The molecule has 2 heterocycles. The van der Waals surface area contributed by atoms with E-state index in [9.17, 15) is 9.18 Å². The summed E-state index contributed by atoms with van der Waals surface area (Å²) >= 11 is 0. The van der Waals surface area contributed by atoms with Gasteiger partial charge in [0.25, 0.3) is 0 Å². The maximum Gasteiger partial charge on any atom is 0.247 e. The van der Waals surface area contributed by atoms with E-state index in [0.29, 0.717) is 25.3 Å². The van der Waals surface area contributed by atoms with Gasteiger partial charge < -0.3 is 10.6 Å². The number of likely N-dealkylation sites (tertiary alicyclic amines) is 1. The van der Waals surface area contributed by atoms with E-state index in [-0.39, 0.29) is 30.2 Å². The van der Waals surface area contributed by atoms with Gasteiger partial charge in [0.05, 0.1) is 0 Å². The Hall–Kier alpha value is -2.06. The van der Waals surface area contributed by atoms with Crippen molar-refractivity contribution < 1.29 is 9.18 Å². The molecule has 0 saturated carbocycles. The summed E-state index contributed by atoms with van der Waals surface area (Å²) in [5.41, 5.74) is 6.65. The predicted molar refractivity (Wildman–Crippen MR) is 92.7 cm³/mol. The zero-order valence-corrected chi connectivity index (χ0v) is 14.8. The van der Waals surface area contributed by atoms with Gasteiger partial charge in [-0.15, -0.1) is 17.5 Å². The van der Waals surface area contributed by atoms with Crippen LogP contribution in [0.5, 0.6) is 0 Å². The van der Waals surface area contributed by atoms with Crippen LogP contribution in [0.4, 0.5) is 4.39 Å². The standard InChI is InChI=1S/C16H21FN6O.ClH/c1-11-19-20-21-23(11)15(10-12-3-2-4-13(17)9-12)16(24)22-7-5-14(18)6-8-22;/h2-4,9,14-15H,5-8,10,18H2,1H3;1H. The molecule has 2 N–H and O–H groups in total. The lowest BCUT2D eigenvalue weighted by Gasteiger charge is -2.33. The van der Waals surface area contributed by atoms with Crippen LogP contribution in [0.25, 0.3) is 0 Å². The highest BCUT2D eigenvalue weighted by atomic mass is 35.5. The van der Waals surface area contributed by atoms with Gasteiger partial charge in [0, 0.05) is 25.6 Å². The van der Waals surface area contributed by atoms with Gasteiger partial charge in [0.2, 0.25) is 5.91 Å². The van der Waals surface area contributed by atoms with Gasteiger partial charge in [-0.2, -0.15) is 0 Å². The highest BCUT2D eigenvalue weighted by Gasteiger charge is 2.30. The van der Waals surface area contributed by atoms with E-state index in [1.165, 1.54) is 16.8 Å². The molecule has 1 amide bonds. The Morgan fingerprint density at radius 1 is 1.40 bits per heavy atom. The average molecular weight is 369 g/mol. The lowest BCUT2D eigenvalue weighted by molar-refractivity contribution is -0.136. The molecule has 1 saturated heterocycles. The van der Waals surface area contributed by atoms with E-state index in [2.05, 4.69) is 15.5 Å². The van der Waals surface area contributed by atoms with Crippen LogP contribution in [0.2, 0.25) is 0 Å². The molecular formula is C16H22ClFN6O. The summed E-state index contributed by atoms with van der Waals surface area (Å²) in [6.07, 6.45) is 1.91. The van der Waals surface area contributed by atoms with Gasteiger partial charge >= 0.3 is 0 Å². The number of hydrogen-bond donors (Lipinski definition) is 1. The summed E-state index contributed by atoms with van der Waals surface area (Å²) in [5.74, 6) is 0.177. The highest BCUT2D eigenvalue weighted by Crippen LogP contribution is 2.20. The summed E-state index contributed by atoms with van der Waals surface area (Å²) in [6.45, 7) is 3.00. The van der Waals surface area contributed by atoms with Crippen molar-refractivity contribution in [3.05, 3.63) is 41.5 Å². The first kappa shape index (κ1) is 19.3. The molecule has 1 aliphatic heterocycles. The van der Waals surface area contributed by atoms with Crippen LogP contribution < -0.4 is 5.73 Å². The molecule has 25 heavy (non-hydrogen) atoms. The first-order valence-electron chi connectivity index (χ1n) is 8.08. The second kappa shape index (κ2) is 8.35. The predicted octanol–water partition coefficient (Wildman–Crippen LogP) is 1.28. The van der Waals surface area contributed by atoms with E-state index in [1.807, 2.05) is 0 Å². The van der Waals surface area contributed by atoms with Gasteiger partial charge in [-0.1, -0.05) is 12.1 Å². The number of benzene rings is 1. The Labute approximate surface area is 151 Å². The molecule has 3 rings (SSSR count). The number of nitrogens with zero attached hydrogens (tertiary/aromatic N) is 5. The smallest absolute Gasteiger partial charge is 0.247 e. The summed E-state index contributed by atoms with van der Waals surface area (Å²) < 4.78 is 15.0. The van der Waals surface area contributed by atoms with Crippen molar-refractivity contribution in [3.63, 3.8) is 0 Å². The number of tetrazole rings is 1. The number of nitrogens with two attached hydrogens (primary N) is 1. The number of carbonyl (C=O) groups is 1. The van der Waals surface area contributed by atoms with Crippen LogP contribution in [0.15, 0.2) is 24.3 Å². The largest absolute Gasteiger partial charge is 0.341 e. The molecule has 0 spiro atoms. The molecule has 1 atom stereocenters. The number of amides is 1. The Balaban J connectivity index is 0.00000225. The molecule has 0 radical (unpaired) electrons. The van der Waals surface area contributed by atoms with Crippen LogP contribution in [-0.4, -0.2) is 50.1 Å². The molecule has 2 aromatic rings. The summed E-state index contributed by atoms with van der Waals surface area (Å²) in [7, 11) is 0. The number of hydrogen-bond acceptors (Lipinski definition) is 5. The van der Waals surface area contributed by atoms with Gasteiger partial charge in [-0.25, -0.2) is 9.07 Å². The molecule has 1 unspecified atom stereocenters. The molecule has 136 valence electrons. The first-order chi connectivity index (χ1) is 11.5. The minimum absolute atomic E-state index is 0. The topological polar surface area (TPSA) is 89.9 Å². The van der Waals surface area contributed by atoms with Crippen molar-refractivity contribution in [2.75, 3.05) is 13.1 Å². The third kappa shape index (κ3) is 4.52. The second-order valence-corrected chi connectivity index (χ2v) is 6.18. The summed E-state index contributed by atoms with van der Waals surface area (Å²) in [6, 6.07) is 5.82. The molecule has 1 aromatic carbocycles. The molecule has 7 nitrogen and oxygen atoms in total. The molecule has 0 bridgehead atoms. The number of carbonyl (C=O) groups excluding carboxylic acids is 1. The van der Waals surface area contributed by atoms with Gasteiger partial charge in [-0.3, -0.25) is 4.79 Å². The van der Waals surface area contributed by atoms with E-state index in [4.69, 9.17) is 5.73 Å². The average Bonchev–Trinajstić information content (AvgIpc) is 2.99. The van der Waals surface area contributed by atoms with E-state index >= 15 is 0 Å². The van der Waals surface area contributed by atoms with Crippen LogP contribution >= 0.6 is 12.4 Å². The molecular weight excluding hydrogens is 347 g/mol. The minimum atomic E-state index is -0.587. The lowest BCUT2D eigenvalue weighted by Crippen LogP contribution is -2.46. The van der Waals surface area contributed by atoms with Crippen molar-refractivity contribution in [3.8, 4) is 0 Å². The zero-order valence-electron chi connectivity index (χ0n) is 14.0. The second-order valence-electron chi connectivity index (χ2n) is 6.18.